The van der Waals surface area contributed by atoms with Crippen LogP contribution in [0, 0.1) is 0 Å². The molecule has 1 heterocycles. The van der Waals surface area contributed by atoms with Crippen LogP contribution in [0.5, 0.6) is 0 Å². The lowest BCUT2D eigenvalue weighted by atomic mass is 9.87. The third kappa shape index (κ3) is 4.31. The van der Waals surface area contributed by atoms with E-state index >= 15 is 0 Å². The van der Waals surface area contributed by atoms with Crippen molar-refractivity contribution in [3.8, 4) is 0 Å². The van der Waals surface area contributed by atoms with Gasteiger partial charge in [0.25, 0.3) is 10.0 Å². The van der Waals surface area contributed by atoms with Crippen LogP contribution in [0.15, 0.2) is 51.7 Å². The Morgan fingerprint density at radius 3 is 2.15 bits per heavy atom. The van der Waals surface area contributed by atoms with Gasteiger partial charge in [0.15, 0.2) is 0 Å². The highest BCUT2D eigenvalue weighted by Gasteiger charge is 2.19. The van der Waals surface area contributed by atoms with Gasteiger partial charge in [0.05, 0.1) is 20.8 Å². The average Bonchev–Trinajstić information content (AvgIpc) is 2.97. The summed E-state index contributed by atoms with van der Waals surface area (Å²) in [5.74, 6) is 0. The van der Waals surface area contributed by atoms with Gasteiger partial charge in [-0.15, -0.1) is 11.3 Å². The number of benzene rings is 2. The van der Waals surface area contributed by atoms with Gasteiger partial charge in [0.1, 0.15) is 0 Å². The molecule has 2 aromatic carbocycles. The molecule has 27 heavy (non-hydrogen) atoms. The van der Waals surface area contributed by atoms with Crippen LogP contribution < -0.4 is 4.72 Å². The molecule has 144 valence electrons. The number of nitrogens with zero attached hydrogens (tertiary/aromatic N) is 1. The third-order valence-electron chi connectivity index (χ3n) is 3.97. The lowest BCUT2D eigenvalue weighted by molar-refractivity contribution is 0.587. The van der Waals surface area contributed by atoms with E-state index in [0.717, 1.165) is 23.2 Å². The fraction of sp³-hybridized carbons (Fsp3) is 0.278. The van der Waals surface area contributed by atoms with Crippen LogP contribution >= 0.6 is 11.3 Å². The minimum Gasteiger partial charge on any atom is -0.280 e. The quantitative estimate of drug-likeness (QED) is 0.688. The molecule has 0 aliphatic rings. The Kier molecular flexibility index (Phi) is 4.82. The molecule has 6 nitrogen and oxygen atoms in total. The summed E-state index contributed by atoms with van der Waals surface area (Å²) >= 11 is 1.01. The van der Waals surface area contributed by atoms with Crippen molar-refractivity contribution < 1.29 is 16.8 Å². The van der Waals surface area contributed by atoms with E-state index in [9.17, 15) is 16.8 Å². The molecule has 0 bridgehead atoms. The topological polar surface area (TPSA) is 93.2 Å². The molecule has 3 aromatic rings. The van der Waals surface area contributed by atoms with Crippen LogP contribution in [0.1, 0.15) is 26.3 Å². The number of anilines is 1. The monoisotopic (exact) mass is 424 g/mol. The number of sulfonamides is 1. The summed E-state index contributed by atoms with van der Waals surface area (Å²) in [6, 6.07) is 11.5. The van der Waals surface area contributed by atoms with E-state index in [1.54, 1.807) is 42.5 Å². The standard InChI is InChI=1S/C18H20N2O4S3/c1-18(2,3)12-5-8-14(9-6-12)27(23,24)20-13-7-10-15-16(11-13)25-17(19-15)26(4,21)22/h5-11,20H,1-4H3. The van der Waals surface area contributed by atoms with Gasteiger partial charge in [-0.25, -0.2) is 21.8 Å². The Labute approximate surface area is 163 Å². The van der Waals surface area contributed by atoms with Crippen LogP contribution in [0.25, 0.3) is 10.2 Å². The van der Waals surface area contributed by atoms with Crippen LogP contribution in [0.3, 0.4) is 0 Å². The van der Waals surface area contributed by atoms with Gasteiger partial charge in [-0.1, -0.05) is 32.9 Å². The number of hydrogen-bond donors (Lipinski definition) is 1. The summed E-state index contributed by atoms with van der Waals surface area (Å²) in [5, 5.41) is 0. The number of hydrogen-bond acceptors (Lipinski definition) is 6. The summed E-state index contributed by atoms with van der Waals surface area (Å²) in [5.41, 5.74) is 1.84. The predicted octanol–water partition coefficient (Wildman–Crippen LogP) is 3.80. The number of sulfone groups is 1. The molecule has 0 saturated carbocycles. The predicted molar refractivity (Wildman–Crippen MR) is 109 cm³/mol. The SMILES string of the molecule is CC(C)(C)c1ccc(S(=O)(=O)Nc2ccc3nc(S(C)(=O)=O)sc3c2)cc1. The number of thiazole rings is 1. The molecular formula is C18H20N2O4S3. The minimum atomic E-state index is -3.75. The van der Waals surface area contributed by atoms with Gasteiger partial charge in [-0.05, 0) is 41.3 Å². The van der Waals surface area contributed by atoms with Crippen molar-refractivity contribution in [2.24, 2.45) is 0 Å². The van der Waals surface area contributed by atoms with E-state index in [-0.39, 0.29) is 14.7 Å². The maximum Gasteiger partial charge on any atom is 0.261 e. The summed E-state index contributed by atoms with van der Waals surface area (Å²) in [6.45, 7) is 6.18. The van der Waals surface area contributed by atoms with Gasteiger partial charge in [-0.3, -0.25) is 4.72 Å². The third-order valence-corrected chi connectivity index (χ3v) is 8.06. The highest BCUT2D eigenvalue weighted by Crippen LogP contribution is 2.29. The first-order valence-electron chi connectivity index (χ1n) is 8.10. The highest BCUT2D eigenvalue weighted by atomic mass is 32.2. The molecule has 0 unspecified atom stereocenters. The highest BCUT2D eigenvalue weighted by molar-refractivity contribution is 7.93. The Hall–Kier alpha value is -1.97. The molecule has 0 aliphatic carbocycles. The first-order chi connectivity index (χ1) is 12.4. The normalized spacial score (nSPS) is 13.0. The van der Waals surface area contributed by atoms with Gasteiger partial charge in [0.2, 0.25) is 14.2 Å². The summed E-state index contributed by atoms with van der Waals surface area (Å²) < 4.78 is 51.7. The molecule has 0 atom stereocenters. The molecule has 3 rings (SSSR count). The minimum absolute atomic E-state index is 0.00951. The summed E-state index contributed by atoms with van der Waals surface area (Å²) in [6.07, 6.45) is 1.09. The molecule has 0 fully saturated rings. The zero-order chi connectivity index (χ0) is 20.0. The zero-order valence-electron chi connectivity index (χ0n) is 15.3. The lowest BCUT2D eigenvalue weighted by Gasteiger charge is -2.19. The van der Waals surface area contributed by atoms with E-state index in [1.165, 1.54) is 0 Å². The average molecular weight is 425 g/mol. The van der Waals surface area contributed by atoms with E-state index in [2.05, 4.69) is 30.5 Å². The molecule has 1 aromatic heterocycles. The second kappa shape index (κ2) is 6.57. The van der Waals surface area contributed by atoms with Crippen molar-refractivity contribution in [3.63, 3.8) is 0 Å². The van der Waals surface area contributed by atoms with E-state index in [1.807, 2.05) is 0 Å². The number of nitrogens with one attached hydrogen (secondary N) is 1. The molecule has 0 radical (unpaired) electrons. The Bertz CT molecular complexity index is 1200. The first-order valence-corrected chi connectivity index (χ1v) is 12.3. The van der Waals surface area contributed by atoms with Gasteiger partial charge < -0.3 is 0 Å². The molecule has 1 N–H and O–H groups in total. The van der Waals surface area contributed by atoms with Crippen molar-refractivity contribution in [2.75, 3.05) is 11.0 Å². The fourth-order valence-electron chi connectivity index (χ4n) is 2.47. The van der Waals surface area contributed by atoms with Crippen molar-refractivity contribution in [1.29, 1.82) is 0 Å². The van der Waals surface area contributed by atoms with Crippen molar-refractivity contribution in [3.05, 3.63) is 48.0 Å². The smallest absolute Gasteiger partial charge is 0.261 e. The molecule has 0 aliphatic heterocycles. The second-order valence-electron chi connectivity index (χ2n) is 7.31. The zero-order valence-corrected chi connectivity index (χ0v) is 17.8. The van der Waals surface area contributed by atoms with E-state index in [4.69, 9.17) is 0 Å². The van der Waals surface area contributed by atoms with Crippen LogP contribution in [-0.2, 0) is 25.3 Å². The van der Waals surface area contributed by atoms with Crippen molar-refractivity contribution in [1.82, 2.24) is 4.98 Å². The Balaban J connectivity index is 1.91. The van der Waals surface area contributed by atoms with Crippen LogP contribution in [0.4, 0.5) is 5.69 Å². The van der Waals surface area contributed by atoms with Crippen LogP contribution in [-0.4, -0.2) is 28.1 Å². The number of rotatable bonds is 4. The van der Waals surface area contributed by atoms with Gasteiger partial charge >= 0.3 is 0 Å². The molecule has 9 heteroatoms. The maximum absolute atomic E-state index is 12.6. The van der Waals surface area contributed by atoms with Crippen LogP contribution in [0.2, 0.25) is 0 Å². The molecule has 0 saturated heterocycles. The maximum atomic E-state index is 12.6. The Morgan fingerprint density at radius 1 is 0.963 bits per heavy atom. The fourth-order valence-corrected chi connectivity index (χ4v) is 5.40. The lowest BCUT2D eigenvalue weighted by Crippen LogP contribution is -2.14. The molecule has 0 amide bonds. The largest absolute Gasteiger partial charge is 0.280 e. The summed E-state index contributed by atoms with van der Waals surface area (Å²) in [7, 11) is -7.15. The number of aromatic nitrogens is 1. The van der Waals surface area contributed by atoms with Gasteiger partial charge in [0, 0.05) is 6.26 Å². The van der Waals surface area contributed by atoms with Gasteiger partial charge in [-0.2, -0.15) is 0 Å². The van der Waals surface area contributed by atoms with E-state index in [0.29, 0.717) is 15.9 Å². The first kappa shape index (κ1) is 19.8. The van der Waals surface area contributed by atoms with Crippen molar-refractivity contribution >= 4 is 47.1 Å². The summed E-state index contributed by atoms with van der Waals surface area (Å²) in [4.78, 5) is 4.23. The molecule has 0 spiro atoms. The second-order valence-corrected chi connectivity index (χ2v) is 12.2. The number of fused-ring (bicyclic) bond motifs is 1. The van der Waals surface area contributed by atoms with Crippen molar-refractivity contribution in [2.45, 2.75) is 35.4 Å². The molecular weight excluding hydrogens is 404 g/mol. The van der Waals surface area contributed by atoms with E-state index < -0.39 is 19.9 Å². The Morgan fingerprint density at radius 2 is 1.59 bits per heavy atom.